The van der Waals surface area contributed by atoms with Crippen LogP contribution in [0.1, 0.15) is 34.3 Å². The number of nitrogens with zero attached hydrogens (tertiary/aromatic N) is 1. The molecular formula is C23H29N3O5. The highest BCUT2D eigenvalue weighted by Crippen LogP contribution is 2.38. The Bertz CT molecular complexity index is 883. The number of ether oxygens (including phenoxy) is 3. The van der Waals surface area contributed by atoms with Crippen LogP contribution in [-0.2, 0) is 17.9 Å². The topological polar surface area (TPSA) is 103 Å². The second-order valence-electron chi connectivity index (χ2n) is 7.45. The van der Waals surface area contributed by atoms with E-state index in [9.17, 15) is 9.59 Å². The zero-order valence-corrected chi connectivity index (χ0v) is 18.0. The summed E-state index contributed by atoms with van der Waals surface area (Å²) in [6, 6.07) is 11.4. The Balaban J connectivity index is 1.63. The van der Waals surface area contributed by atoms with Crippen molar-refractivity contribution < 1.29 is 23.8 Å². The standard InChI is InChI=1S/C23H29N3O5/c1-29-19-11-18(12-20(30-2)22(19)31-15-21(24)27)23(28)25-13-16-5-7-17(8-6-16)14-26-9-3-4-10-26/h5-8,11-12H,3-4,9-10,13-15H2,1-2H3,(H2,24,27)(H,25,28). The molecule has 3 N–H and O–H groups in total. The lowest BCUT2D eigenvalue weighted by molar-refractivity contribution is -0.120. The fourth-order valence-corrected chi connectivity index (χ4v) is 3.54. The molecule has 0 atom stereocenters. The first-order valence-electron chi connectivity index (χ1n) is 10.3. The van der Waals surface area contributed by atoms with Crippen molar-refractivity contribution in [2.75, 3.05) is 33.9 Å². The predicted molar refractivity (Wildman–Crippen MR) is 116 cm³/mol. The minimum absolute atomic E-state index is 0.217. The van der Waals surface area contributed by atoms with Gasteiger partial charge in [0.25, 0.3) is 11.8 Å². The van der Waals surface area contributed by atoms with Crippen LogP contribution in [0.15, 0.2) is 36.4 Å². The lowest BCUT2D eigenvalue weighted by Crippen LogP contribution is -2.23. The maximum atomic E-state index is 12.7. The number of amides is 2. The van der Waals surface area contributed by atoms with Gasteiger partial charge in [-0.1, -0.05) is 24.3 Å². The number of benzene rings is 2. The summed E-state index contributed by atoms with van der Waals surface area (Å²) < 4.78 is 16.0. The monoisotopic (exact) mass is 427 g/mol. The zero-order chi connectivity index (χ0) is 22.2. The number of primary amides is 1. The Kier molecular flexibility index (Phi) is 7.72. The fraction of sp³-hybridized carbons (Fsp3) is 0.391. The number of carbonyl (C=O) groups is 2. The van der Waals surface area contributed by atoms with Gasteiger partial charge >= 0.3 is 0 Å². The van der Waals surface area contributed by atoms with E-state index in [0.29, 0.717) is 12.1 Å². The number of rotatable bonds is 10. The molecule has 166 valence electrons. The Morgan fingerprint density at radius 2 is 1.58 bits per heavy atom. The molecule has 2 aromatic rings. The number of hydrogen-bond acceptors (Lipinski definition) is 6. The Morgan fingerprint density at radius 3 is 2.13 bits per heavy atom. The Hall–Kier alpha value is -3.26. The van der Waals surface area contributed by atoms with Gasteiger partial charge in [-0.25, -0.2) is 0 Å². The van der Waals surface area contributed by atoms with Crippen LogP contribution in [0.4, 0.5) is 0 Å². The van der Waals surface area contributed by atoms with Gasteiger partial charge in [-0.3, -0.25) is 14.5 Å². The maximum absolute atomic E-state index is 12.7. The van der Waals surface area contributed by atoms with E-state index >= 15 is 0 Å². The molecule has 1 aliphatic heterocycles. The van der Waals surface area contributed by atoms with Gasteiger partial charge in [-0.15, -0.1) is 0 Å². The molecule has 0 saturated carbocycles. The van der Waals surface area contributed by atoms with E-state index in [1.54, 1.807) is 0 Å². The van der Waals surface area contributed by atoms with Gasteiger partial charge in [0, 0.05) is 18.7 Å². The van der Waals surface area contributed by atoms with E-state index in [0.717, 1.165) is 25.2 Å². The summed E-state index contributed by atoms with van der Waals surface area (Å²) in [7, 11) is 2.88. The largest absolute Gasteiger partial charge is 0.493 e. The van der Waals surface area contributed by atoms with E-state index in [2.05, 4.69) is 22.3 Å². The predicted octanol–water partition coefficient (Wildman–Crippen LogP) is 2.09. The molecule has 1 fully saturated rings. The average molecular weight is 428 g/mol. The summed E-state index contributed by atoms with van der Waals surface area (Å²) >= 11 is 0. The Labute approximate surface area is 182 Å². The van der Waals surface area contributed by atoms with Crippen molar-refractivity contribution in [1.82, 2.24) is 10.2 Å². The summed E-state index contributed by atoms with van der Waals surface area (Å²) in [6.07, 6.45) is 2.55. The van der Waals surface area contributed by atoms with Crippen molar-refractivity contribution in [3.63, 3.8) is 0 Å². The second kappa shape index (κ2) is 10.7. The third-order valence-corrected chi connectivity index (χ3v) is 5.16. The average Bonchev–Trinajstić information content (AvgIpc) is 3.29. The molecule has 8 nitrogen and oxygen atoms in total. The maximum Gasteiger partial charge on any atom is 0.255 e. The quantitative estimate of drug-likeness (QED) is 0.602. The Morgan fingerprint density at radius 1 is 1.00 bits per heavy atom. The third-order valence-electron chi connectivity index (χ3n) is 5.16. The highest BCUT2D eigenvalue weighted by Gasteiger charge is 2.18. The highest BCUT2D eigenvalue weighted by atomic mass is 16.5. The van der Waals surface area contributed by atoms with Crippen molar-refractivity contribution in [3.05, 3.63) is 53.1 Å². The SMILES string of the molecule is COc1cc(C(=O)NCc2ccc(CN3CCCC3)cc2)cc(OC)c1OCC(N)=O. The summed E-state index contributed by atoms with van der Waals surface area (Å²) in [5, 5.41) is 2.90. The smallest absolute Gasteiger partial charge is 0.255 e. The molecule has 1 saturated heterocycles. The second-order valence-corrected chi connectivity index (χ2v) is 7.45. The third kappa shape index (κ3) is 6.11. The molecule has 0 spiro atoms. The van der Waals surface area contributed by atoms with Gasteiger partial charge in [0.05, 0.1) is 14.2 Å². The van der Waals surface area contributed by atoms with E-state index in [1.165, 1.54) is 44.8 Å². The van der Waals surface area contributed by atoms with Gasteiger partial charge in [-0.2, -0.15) is 0 Å². The van der Waals surface area contributed by atoms with Gasteiger partial charge in [0.2, 0.25) is 5.75 Å². The van der Waals surface area contributed by atoms with Crippen molar-refractivity contribution in [2.24, 2.45) is 5.73 Å². The summed E-state index contributed by atoms with van der Waals surface area (Å²) in [5.41, 5.74) is 7.78. The van der Waals surface area contributed by atoms with Crippen molar-refractivity contribution in [3.8, 4) is 17.2 Å². The molecule has 0 aromatic heterocycles. The normalized spacial score (nSPS) is 13.6. The lowest BCUT2D eigenvalue weighted by atomic mass is 10.1. The lowest BCUT2D eigenvalue weighted by Gasteiger charge is -2.16. The van der Waals surface area contributed by atoms with E-state index in [-0.39, 0.29) is 29.8 Å². The van der Waals surface area contributed by atoms with Crippen LogP contribution in [0.5, 0.6) is 17.2 Å². The molecule has 1 aliphatic rings. The number of methoxy groups -OCH3 is 2. The van der Waals surface area contributed by atoms with Crippen molar-refractivity contribution in [2.45, 2.75) is 25.9 Å². The van der Waals surface area contributed by atoms with E-state index in [1.807, 2.05) is 12.1 Å². The fourth-order valence-electron chi connectivity index (χ4n) is 3.54. The van der Waals surface area contributed by atoms with Crippen LogP contribution >= 0.6 is 0 Å². The number of nitrogens with two attached hydrogens (primary N) is 1. The first kappa shape index (κ1) is 22.4. The molecule has 2 amide bonds. The molecule has 2 aromatic carbocycles. The van der Waals surface area contributed by atoms with Crippen molar-refractivity contribution >= 4 is 11.8 Å². The van der Waals surface area contributed by atoms with Crippen LogP contribution in [0.3, 0.4) is 0 Å². The number of nitrogens with one attached hydrogen (secondary N) is 1. The summed E-state index contributed by atoms with van der Waals surface area (Å²) in [4.78, 5) is 26.2. The van der Waals surface area contributed by atoms with Gasteiger partial charge in [0.15, 0.2) is 18.1 Å². The van der Waals surface area contributed by atoms with Crippen LogP contribution in [-0.4, -0.2) is 50.6 Å². The number of hydrogen-bond donors (Lipinski definition) is 2. The molecule has 8 heteroatoms. The molecule has 0 unspecified atom stereocenters. The van der Waals surface area contributed by atoms with Gasteiger partial charge in [-0.05, 0) is 49.2 Å². The molecule has 0 aliphatic carbocycles. The van der Waals surface area contributed by atoms with Crippen LogP contribution < -0.4 is 25.3 Å². The number of carbonyl (C=O) groups excluding carboxylic acids is 2. The zero-order valence-electron chi connectivity index (χ0n) is 18.0. The molecule has 3 rings (SSSR count). The minimum Gasteiger partial charge on any atom is -0.493 e. The number of likely N-dealkylation sites (tertiary alicyclic amines) is 1. The molecule has 0 radical (unpaired) electrons. The highest BCUT2D eigenvalue weighted by molar-refractivity contribution is 5.95. The molecular weight excluding hydrogens is 398 g/mol. The van der Waals surface area contributed by atoms with E-state index < -0.39 is 5.91 Å². The van der Waals surface area contributed by atoms with Gasteiger partial charge in [0.1, 0.15) is 0 Å². The first-order chi connectivity index (χ1) is 15.0. The van der Waals surface area contributed by atoms with Crippen LogP contribution in [0.25, 0.3) is 0 Å². The summed E-state index contributed by atoms with van der Waals surface area (Å²) in [6.45, 7) is 3.37. The van der Waals surface area contributed by atoms with E-state index in [4.69, 9.17) is 19.9 Å². The first-order valence-corrected chi connectivity index (χ1v) is 10.3. The molecule has 31 heavy (non-hydrogen) atoms. The molecule has 1 heterocycles. The van der Waals surface area contributed by atoms with Crippen LogP contribution in [0, 0.1) is 0 Å². The minimum atomic E-state index is -0.627. The summed E-state index contributed by atoms with van der Waals surface area (Å²) in [5.74, 6) is -0.139. The van der Waals surface area contributed by atoms with Crippen LogP contribution in [0.2, 0.25) is 0 Å². The van der Waals surface area contributed by atoms with Gasteiger partial charge < -0.3 is 25.3 Å². The molecule has 0 bridgehead atoms. The van der Waals surface area contributed by atoms with Crippen molar-refractivity contribution in [1.29, 1.82) is 0 Å².